The number of amides is 1. The smallest absolute Gasteiger partial charge is 0.265 e. The molecule has 6 nitrogen and oxygen atoms in total. The Kier molecular flexibility index (Phi) is 5.03. The predicted molar refractivity (Wildman–Crippen MR) is 129 cm³/mol. The molecule has 1 amide bonds. The van der Waals surface area contributed by atoms with Crippen LogP contribution in [-0.4, -0.2) is 20.4 Å². The van der Waals surface area contributed by atoms with E-state index in [1.807, 2.05) is 43.3 Å². The van der Waals surface area contributed by atoms with E-state index in [0.29, 0.717) is 17.9 Å². The van der Waals surface area contributed by atoms with E-state index in [4.69, 9.17) is 4.98 Å². The Morgan fingerprint density at radius 3 is 2.69 bits per heavy atom. The maximum atomic E-state index is 12.9. The van der Waals surface area contributed by atoms with Crippen LogP contribution in [0.25, 0.3) is 31.8 Å². The minimum atomic E-state index is -0.439. The van der Waals surface area contributed by atoms with Crippen molar-refractivity contribution in [3.8, 4) is 10.6 Å². The van der Waals surface area contributed by atoms with Gasteiger partial charge in [-0.2, -0.15) is 0 Å². The zero-order valence-corrected chi connectivity index (χ0v) is 18.4. The van der Waals surface area contributed by atoms with Crippen molar-refractivity contribution < 1.29 is 4.79 Å². The summed E-state index contributed by atoms with van der Waals surface area (Å²) in [5.41, 5.74) is 4.10. The molecule has 0 saturated carbocycles. The Morgan fingerprint density at radius 1 is 1.09 bits per heavy atom. The van der Waals surface area contributed by atoms with Crippen LogP contribution in [0.5, 0.6) is 0 Å². The first-order valence-electron chi connectivity index (χ1n) is 10.3. The molecule has 0 spiro atoms. The second-order valence-corrected chi connectivity index (χ2v) is 8.58. The molecule has 2 aromatic carbocycles. The van der Waals surface area contributed by atoms with E-state index in [1.54, 1.807) is 29.7 Å². The van der Waals surface area contributed by atoms with Gasteiger partial charge in [0.25, 0.3) is 11.5 Å². The highest BCUT2D eigenvalue weighted by Crippen LogP contribution is 2.31. The molecule has 5 aromatic rings. The van der Waals surface area contributed by atoms with Crippen molar-refractivity contribution in [2.24, 2.45) is 0 Å². The van der Waals surface area contributed by atoms with Crippen molar-refractivity contribution in [2.45, 2.75) is 20.4 Å². The highest BCUT2D eigenvalue weighted by atomic mass is 32.1. The monoisotopic (exact) mass is 440 g/mol. The SMILES string of the molecule is CCn1c(=O)c(C(=O)Nc2ccc(-c3nc4ccc(C)cc4s3)cc2)cc2cccnc21. The van der Waals surface area contributed by atoms with Gasteiger partial charge in [0.1, 0.15) is 16.2 Å². The van der Waals surface area contributed by atoms with Crippen molar-refractivity contribution >= 4 is 44.2 Å². The van der Waals surface area contributed by atoms with E-state index in [0.717, 1.165) is 26.2 Å². The van der Waals surface area contributed by atoms with Gasteiger partial charge in [0.15, 0.2) is 0 Å². The van der Waals surface area contributed by atoms with Crippen molar-refractivity contribution in [1.82, 2.24) is 14.5 Å². The van der Waals surface area contributed by atoms with Crippen LogP contribution in [0.3, 0.4) is 0 Å². The van der Waals surface area contributed by atoms with Crippen LogP contribution in [0.15, 0.2) is 71.7 Å². The highest BCUT2D eigenvalue weighted by Gasteiger charge is 2.16. The molecule has 7 heteroatoms. The van der Waals surface area contributed by atoms with Crippen molar-refractivity contribution in [3.63, 3.8) is 0 Å². The summed E-state index contributed by atoms with van der Waals surface area (Å²) in [4.78, 5) is 34.7. The van der Waals surface area contributed by atoms with Crippen molar-refractivity contribution in [3.05, 3.63) is 88.3 Å². The molecule has 0 atom stereocenters. The van der Waals surface area contributed by atoms with Crippen LogP contribution in [-0.2, 0) is 6.54 Å². The van der Waals surface area contributed by atoms with Gasteiger partial charge in [-0.25, -0.2) is 9.97 Å². The summed E-state index contributed by atoms with van der Waals surface area (Å²) < 4.78 is 2.66. The summed E-state index contributed by atoms with van der Waals surface area (Å²) in [5.74, 6) is -0.439. The Bertz CT molecular complexity index is 1530. The molecular formula is C25H20N4O2S. The number of aromatic nitrogens is 3. The number of nitrogens with zero attached hydrogens (tertiary/aromatic N) is 3. The molecule has 0 radical (unpaired) electrons. The van der Waals surface area contributed by atoms with Crippen LogP contribution in [0.2, 0.25) is 0 Å². The summed E-state index contributed by atoms with van der Waals surface area (Å²) in [7, 11) is 0. The molecule has 5 rings (SSSR count). The first-order valence-corrected chi connectivity index (χ1v) is 11.1. The van der Waals surface area contributed by atoms with Crippen molar-refractivity contribution in [1.29, 1.82) is 0 Å². The highest BCUT2D eigenvalue weighted by molar-refractivity contribution is 7.21. The average molecular weight is 441 g/mol. The van der Waals surface area contributed by atoms with Crippen LogP contribution in [0.1, 0.15) is 22.8 Å². The Balaban J connectivity index is 1.42. The second kappa shape index (κ2) is 8.01. The summed E-state index contributed by atoms with van der Waals surface area (Å²) in [6.07, 6.45) is 1.64. The number of pyridine rings is 2. The summed E-state index contributed by atoms with van der Waals surface area (Å²) in [6, 6.07) is 19.0. The van der Waals surface area contributed by atoms with E-state index in [2.05, 4.69) is 29.4 Å². The Morgan fingerprint density at radius 2 is 1.91 bits per heavy atom. The molecule has 3 aromatic heterocycles. The lowest BCUT2D eigenvalue weighted by Crippen LogP contribution is -2.29. The normalized spacial score (nSPS) is 11.2. The molecule has 0 saturated heterocycles. The number of anilines is 1. The molecule has 0 aliphatic carbocycles. The van der Waals surface area contributed by atoms with Crippen LogP contribution in [0, 0.1) is 6.92 Å². The number of benzene rings is 2. The lowest BCUT2D eigenvalue weighted by Gasteiger charge is -2.10. The fraction of sp³-hybridized carbons (Fsp3) is 0.120. The standard InChI is InChI=1S/C25H20N4O2S/c1-3-29-22-17(5-4-12-26-22)14-19(25(29)31)23(30)27-18-9-7-16(8-10-18)24-28-20-11-6-15(2)13-21(20)32-24/h4-14H,3H2,1-2H3,(H,27,30). The molecule has 0 fully saturated rings. The molecule has 32 heavy (non-hydrogen) atoms. The molecular weight excluding hydrogens is 420 g/mol. The molecule has 0 bridgehead atoms. The van der Waals surface area contributed by atoms with Gasteiger partial charge in [-0.05, 0) is 74.0 Å². The van der Waals surface area contributed by atoms with E-state index in [1.165, 1.54) is 10.1 Å². The maximum Gasteiger partial charge on any atom is 0.265 e. The number of aryl methyl sites for hydroxylation is 2. The lowest BCUT2D eigenvalue weighted by molar-refractivity contribution is 0.102. The van der Waals surface area contributed by atoms with Gasteiger partial charge in [-0.3, -0.25) is 14.2 Å². The third-order valence-electron chi connectivity index (χ3n) is 5.34. The van der Waals surface area contributed by atoms with Crippen LogP contribution < -0.4 is 10.9 Å². The number of rotatable bonds is 4. The van der Waals surface area contributed by atoms with Crippen LogP contribution >= 0.6 is 11.3 Å². The molecule has 3 heterocycles. The van der Waals surface area contributed by atoms with E-state index >= 15 is 0 Å². The third kappa shape index (κ3) is 3.56. The quantitative estimate of drug-likeness (QED) is 0.414. The van der Waals surface area contributed by atoms with Gasteiger partial charge in [0, 0.05) is 29.4 Å². The van der Waals surface area contributed by atoms with Gasteiger partial charge >= 0.3 is 0 Å². The molecule has 0 aliphatic rings. The number of carbonyl (C=O) groups is 1. The van der Waals surface area contributed by atoms with E-state index in [-0.39, 0.29) is 11.1 Å². The topological polar surface area (TPSA) is 76.9 Å². The number of thiazole rings is 1. The minimum Gasteiger partial charge on any atom is -0.322 e. The van der Waals surface area contributed by atoms with Crippen molar-refractivity contribution in [2.75, 3.05) is 5.32 Å². The van der Waals surface area contributed by atoms with Crippen LogP contribution in [0.4, 0.5) is 5.69 Å². The van der Waals surface area contributed by atoms with Gasteiger partial charge in [0.05, 0.1) is 10.2 Å². The molecule has 1 N–H and O–H groups in total. The lowest BCUT2D eigenvalue weighted by atomic mass is 10.1. The fourth-order valence-corrected chi connectivity index (χ4v) is 4.78. The zero-order valence-electron chi connectivity index (χ0n) is 17.6. The summed E-state index contributed by atoms with van der Waals surface area (Å²) >= 11 is 1.64. The van der Waals surface area contributed by atoms with Gasteiger partial charge in [0.2, 0.25) is 0 Å². The first kappa shape index (κ1) is 20.1. The number of hydrogen-bond donors (Lipinski definition) is 1. The summed E-state index contributed by atoms with van der Waals surface area (Å²) in [5, 5.41) is 4.52. The number of fused-ring (bicyclic) bond motifs is 2. The fourth-order valence-electron chi connectivity index (χ4n) is 3.71. The van der Waals surface area contributed by atoms with Gasteiger partial charge < -0.3 is 5.32 Å². The maximum absolute atomic E-state index is 12.9. The van der Waals surface area contributed by atoms with Gasteiger partial charge in [-0.15, -0.1) is 11.3 Å². The largest absolute Gasteiger partial charge is 0.322 e. The average Bonchev–Trinajstić information content (AvgIpc) is 3.22. The first-order chi connectivity index (χ1) is 15.5. The van der Waals surface area contributed by atoms with Gasteiger partial charge in [-0.1, -0.05) is 6.07 Å². The number of carbonyl (C=O) groups excluding carboxylic acids is 1. The molecule has 0 aliphatic heterocycles. The predicted octanol–water partition coefficient (Wildman–Crippen LogP) is 5.25. The minimum absolute atomic E-state index is 0.0953. The Labute approximate surface area is 188 Å². The van der Waals surface area contributed by atoms with E-state index < -0.39 is 5.91 Å². The number of nitrogens with one attached hydrogen (secondary N) is 1. The molecule has 158 valence electrons. The molecule has 0 unspecified atom stereocenters. The zero-order chi connectivity index (χ0) is 22.2. The Hall–Kier alpha value is -3.84. The third-order valence-corrected chi connectivity index (χ3v) is 6.41. The van der Waals surface area contributed by atoms with E-state index in [9.17, 15) is 9.59 Å². The second-order valence-electron chi connectivity index (χ2n) is 7.55. The summed E-state index contributed by atoms with van der Waals surface area (Å²) in [6.45, 7) is 4.36. The number of hydrogen-bond acceptors (Lipinski definition) is 5.